The predicted octanol–water partition coefficient (Wildman–Crippen LogP) is 2.50. The quantitative estimate of drug-likeness (QED) is 0.912. The molecule has 1 aromatic carbocycles. The molecule has 0 bridgehead atoms. The van der Waals surface area contributed by atoms with Gasteiger partial charge in [-0.1, -0.05) is 12.1 Å². The summed E-state index contributed by atoms with van der Waals surface area (Å²) in [4.78, 5) is 15.1. The minimum atomic E-state index is -0.170. The van der Waals surface area contributed by atoms with E-state index in [-0.39, 0.29) is 11.3 Å². The summed E-state index contributed by atoms with van der Waals surface area (Å²) in [6, 6.07) is 6.88. The van der Waals surface area contributed by atoms with E-state index in [4.69, 9.17) is 4.74 Å². The van der Waals surface area contributed by atoms with E-state index in [2.05, 4.69) is 35.3 Å². The van der Waals surface area contributed by atoms with Crippen molar-refractivity contribution in [3.8, 4) is 5.75 Å². The van der Waals surface area contributed by atoms with E-state index in [1.165, 1.54) is 11.1 Å². The normalized spacial score (nSPS) is 30.8. The Bertz CT molecular complexity index is 611. The van der Waals surface area contributed by atoms with Crippen molar-refractivity contribution in [2.45, 2.75) is 51.6 Å². The number of rotatable bonds is 2. The molecule has 0 aromatic heterocycles. The molecule has 1 spiro atoms. The molecule has 3 aliphatic heterocycles. The minimum absolute atomic E-state index is 0.170. The Morgan fingerprint density at radius 2 is 2.22 bits per heavy atom. The SMILES string of the molecule is C[C@@H]1N(Cc2ccc3c(c2)CCO3)CCC[C@@]12CCCNC2=O. The summed E-state index contributed by atoms with van der Waals surface area (Å²) in [5.41, 5.74) is 2.50. The van der Waals surface area contributed by atoms with Crippen molar-refractivity contribution in [2.75, 3.05) is 19.7 Å². The number of carbonyl (C=O) groups excluding carboxylic acids is 1. The molecule has 4 heteroatoms. The number of hydrogen-bond donors (Lipinski definition) is 1. The van der Waals surface area contributed by atoms with E-state index in [0.29, 0.717) is 6.04 Å². The zero-order chi connectivity index (χ0) is 15.9. The summed E-state index contributed by atoms with van der Waals surface area (Å²) in [6.07, 6.45) is 5.32. The Balaban J connectivity index is 1.53. The predicted molar refractivity (Wildman–Crippen MR) is 89.4 cm³/mol. The van der Waals surface area contributed by atoms with E-state index in [0.717, 1.165) is 64.1 Å². The molecule has 2 fully saturated rings. The summed E-state index contributed by atoms with van der Waals surface area (Å²) >= 11 is 0. The Kier molecular flexibility index (Phi) is 3.80. The van der Waals surface area contributed by atoms with Gasteiger partial charge < -0.3 is 10.1 Å². The van der Waals surface area contributed by atoms with Crippen molar-refractivity contribution in [3.05, 3.63) is 29.3 Å². The van der Waals surface area contributed by atoms with Gasteiger partial charge in [-0.25, -0.2) is 0 Å². The number of hydrogen-bond acceptors (Lipinski definition) is 3. The van der Waals surface area contributed by atoms with Crippen molar-refractivity contribution in [1.29, 1.82) is 0 Å². The van der Waals surface area contributed by atoms with Gasteiger partial charge in [-0.15, -0.1) is 0 Å². The summed E-state index contributed by atoms with van der Waals surface area (Å²) in [6.45, 7) is 5.92. The molecule has 0 unspecified atom stereocenters. The van der Waals surface area contributed by atoms with Gasteiger partial charge in [0.1, 0.15) is 5.75 Å². The zero-order valence-electron chi connectivity index (χ0n) is 13.9. The highest BCUT2D eigenvalue weighted by atomic mass is 16.5. The molecule has 3 heterocycles. The molecule has 4 rings (SSSR count). The summed E-state index contributed by atoms with van der Waals surface area (Å²) < 4.78 is 5.60. The molecular formula is C19H26N2O2. The first-order valence-corrected chi connectivity index (χ1v) is 8.96. The Labute approximate surface area is 138 Å². The van der Waals surface area contributed by atoms with Gasteiger partial charge in [0.05, 0.1) is 12.0 Å². The molecule has 1 N–H and O–H groups in total. The second-order valence-corrected chi connectivity index (χ2v) is 7.31. The van der Waals surface area contributed by atoms with Crippen LogP contribution in [0, 0.1) is 5.41 Å². The van der Waals surface area contributed by atoms with Crippen LogP contribution in [0.15, 0.2) is 18.2 Å². The lowest BCUT2D eigenvalue weighted by Crippen LogP contribution is -2.59. The molecule has 2 saturated heterocycles. The lowest BCUT2D eigenvalue weighted by atomic mass is 9.68. The van der Waals surface area contributed by atoms with Crippen molar-refractivity contribution < 1.29 is 9.53 Å². The van der Waals surface area contributed by atoms with Gasteiger partial charge in [-0.3, -0.25) is 9.69 Å². The molecular weight excluding hydrogens is 288 g/mol. The number of nitrogens with one attached hydrogen (secondary N) is 1. The summed E-state index contributed by atoms with van der Waals surface area (Å²) in [5, 5.41) is 3.11. The van der Waals surface area contributed by atoms with Crippen LogP contribution in [0.2, 0.25) is 0 Å². The minimum Gasteiger partial charge on any atom is -0.493 e. The molecule has 3 aliphatic rings. The third kappa shape index (κ3) is 2.53. The second-order valence-electron chi connectivity index (χ2n) is 7.31. The van der Waals surface area contributed by atoms with E-state index < -0.39 is 0 Å². The fourth-order valence-electron chi connectivity index (χ4n) is 4.67. The highest BCUT2D eigenvalue weighted by Crippen LogP contribution is 2.42. The number of carbonyl (C=O) groups is 1. The topological polar surface area (TPSA) is 41.6 Å². The van der Waals surface area contributed by atoms with Gasteiger partial charge in [0.2, 0.25) is 5.91 Å². The van der Waals surface area contributed by atoms with Crippen LogP contribution in [0.3, 0.4) is 0 Å². The summed E-state index contributed by atoms with van der Waals surface area (Å²) in [5.74, 6) is 1.33. The molecule has 2 atom stereocenters. The number of benzene rings is 1. The number of fused-ring (bicyclic) bond motifs is 1. The van der Waals surface area contributed by atoms with Crippen LogP contribution >= 0.6 is 0 Å². The largest absolute Gasteiger partial charge is 0.493 e. The van der Waals surface area contributed by atoms with Crippen LogP contribution in [-0.4, -0.2) is 36.5 Å². The van der Waals surface area contributed by atoms with Crippen molar-refractivity contribution >= 4 is 5.91 Å². The molecule has 1 amide bonds. The molecule has 0 aliphatic carbocycles. The van der Waals surface area contributed by atoms with Gasteiger partial charge >= 0.3 is 0 Å². The van der Waals surface area contributed by atoms with Gasteiger partial charge in [0, 0.05) is 25.6 Å². The van der Waals surface area contributed by atoms with Gasteiger partial charge in [-0.05, 0) is 56.3 Å². The molecule has 0 radical (unpaired) electrons. The third-order valence-corrected chi connectivity index (χ3v) is 6.09. The average molecular weight is 314 g/mol. The Hall–Kier alpha value is -1.55. The van der Waals surface area contributed by atoms with Crippen LogP contribution < -0.4 is 10.1 Å². The highest BCUT2D eigenvalue weighted by Gasteiger charge is 2.48. The fraction of sp³-hybridized carbons (Fsp3) is 0.632. The standard InChI is InChI=1S/C19H26N2O2/c1-14-19(7-2-9-20-18(19)22)8-3-10-21(14)13-15-4-5-17-16(12-15)6-11-23-17/h4-5,12,14H,2-3,6-11,13H2,1H3,(H,20,22)/t14-,19-/m0/s1. The van der Waals surface area contributed by atoms with Crippen LogP contribution in [0.5, 0.6) is 5.75 Å². The Morgan fingerprint density at radius 1 is 1.35 bits per heavy atom. The monoisotopic (exact) mass is 314 g/mol. The molecule has 4 nitrogen and oxygen atoms in total. The molecule has 23 heavy (non-hydrogen) atoms. The second kappa shape index (κ2) is 5.82. The van der Waals surface area contributed by atoms with E-state index in [9.17, 15) is 4.79 Å². The first-order chi connectivity index (χ1) is 11.2. The van der Waals surface area contributed by atoms with E-state index in [1.54, 1.807) is 0 Å². The molecule has 0 saturated carbocycles. The smallest absolute Gasteiger partial charge is 0.227 e. The van der Waals surface area contributed by atoms with Gasteiger partial charge in [0.15, 0.2) is 0 Å². The van der Waals surface area contributed by atoms with Crippen LogP contribution in [0.4, 0.5) is 0 Å². The van der Waals surface area contributed by atoms with Gasteiger partial charge in [0.25, 0.3) is 0 Å². The maximum atomic E-state index is 12.6. The number of ether oxygens (including phenoxy) is 1. The lowest BCUT2D eigenvalue weighted by Gasteiger charge is -2.49. The van der Waals surface area contributed by atoms with E-state index in [1.807, 2.05) is 0 Å². The highest BCUT2D eigenvalue weighted by molar-refractivity contribution is 5.84. The number of amides is 1. The number of likely N-dealkylation sites (tertiary alicyclic amines) is 1. The van der Waals surface area contributed by atoms with Crippen molar-refractivity contribution in [3.63, 3.8) is 0 Å². The van der Waals surface area contributed by atoms with Gasteiger partial charge in [-0.2, -0.15) is 0 Å². The Morgan fingerprint density at radius 3 is 3.09 bits per heavy atom. The summed E-state index contributed by atoms with van der Waals surface area (Å²) in [7, 11) is 0. The van der Waals surface area contributed by atoms with Crippen LogP contribution in [-0.2, 0) is 17.8 Å². The van der Waals surface area contributed by atoms with Crippen molar-refractivity contribution in [2.24, 2.45) is 5.41 Å². The maximum Gasteiger partial charge on any atom is 0.227 e. The third-order valence-electron chi connectivity index (χ3n) is 6.09. The van der Waals surface area contributed by atoms with Crippen LogP contribution in [0.1, 0.15) is 43.7 Å². The number of nitrogens with zero attached hydrogens (tertiary/aromatic N) is 1. The zero-order valence-corrected chi connectivity index (χ0v) is 13.9. The number of piperidine rings is 2. The van der Waals surface area contributed by atoms with E-state index >= 15 is 0 Å². The molecule has 124 valence electrons. The average Bonchev–Trinajstić information content (AvgIpc) is 3.02. The first kappa shape index (κ1) is 15.0. The lowest BCUT2D eigenvalue weighted by molar-refractivity contribution is -0.142. The first-order valence-electron chi connectivity index (χ1n) is 8.96. The maximum absolute atomic E-state index is 12.6. The van der Waals surface area contributed by atoms with Crippen molar-refractivity contribution in [1.82, 2.24) is 10.2 Å². The fourth-order valence-corrected chi connectivity index (χ4v) is 4.67. The molecule has 1 aromatic rings. The van der Waals surface area contributed by atoms with Crippen LogP contribution in [0.25, 0.3) is 0 Å².